The second-order valence-electron chi connectivity index (χ2n) is 6.20. The van der Waals surface area contributed by atoms with E-state index in [4.69, 9.17) is 4.74 Å². The van der Waals surface area contributed by atoms with Gasteiger partial charge in [0.1, 0.15) is 5.78 Å². The number of rotatable bonds is 3. The number of thiazole rings is 1. The summed E-state index contributed by atoms with van der Waals surface area (Å²) in [6.07, 6.45) is 0.537. The van der Waals surface area contributed by atoms with Gasteiger partial charge in [0.2, 0.25) is 5.91 Å². The van der Waals surface area contributed by atoms with Crippen LogP contribution < -0.4 is 0 Å². The highest BCUT2D eigenvalue weighted by Gasteiger charge is 2.51. The zero-order valence-corrected chi connectivity index (χ0v) is 13.7. The molecule has 0 spiro atoms. The van der Waals surface area contributed by atoms with Crippen LogP contribution in [0.2, 0.25) is 0 Å². The first-order chi connectivity index (χ1) is 11.1. The summed E-state index contributed by atoms with van der Waals surface area (Å²) < 4.78 is 6.62. The van der Waals surface area contributed by atoms with E-state index in [9.17, 15) is 9.59 Å². The molecule has 2 saturated heterocycles. The van der Waals surface area contributed by atoms with Crippen LogP contribution in [0.25, 0.3) is 10.2 Å². The largest absolute Gasteiger partial charge is 0.377 e. The van der Waals surface area contributed by atoms with Crippen molar-refractivity contribution in [3.8, 4) is 0 Å². The average Bonchev–Trinajstić information content (AvgIpc) is 3.07. The van der Waals surface area contributed by atoms with E-state index in [1.54, 1.807) is 18.3 Å². The number of carbonyl (C=O) groups is 2. The second kappa shape index (κ2) is 5.69. The molecule has 2 fully saturated rings. The predicted molar refractivity (Wildman–Crippen MR) is 87.3 cm³/mol. The van der Waals surface area contributed by atoms with Gasteiger partial charge in [-0.1, -0.05) is 12.1 Å². The Morgan fingerprint density at radius 2 is 2.26 bits per heavy atom. The summed E-state index contributed by atoms with van der Waals surface area (Å²) in [6, 6.07) is 7.86. The minimum Gasteiger partial charge on any atom is -0.377 e. The standard InChI is InChI=1S/C17H18N2O3S/c1-10(20)16-11(17(21)19-6-7-22-9-13(16)19)8-15-18-12-4-2-3-5-14(12)23-15/h2-5,11,13,16H,6-9H2,1H3/t11-,13-,16-/m1/s1. The first-order valence-corrected chi connectivity index (χ1v) is 8.70. The van der Waals surface area contributed by atoms with E-state index in [2.05, 4.69) is 4.98 Å². The van der Waals surface area contributed by atoms with Crippen molar-refractivity contribution in [2.75, 3.05) is 19.8 Å². The van der Waals surface area contributed by atoms with E-state index < -0.39 is 0 Å². The number of fused-ring (bicyclic) bond motifs is 2. The molecule has 2 aliphatic heterocycles. The number of ether oxygens (including phenoxy) is 1. The molecule has 120 valence electrons. The molecule has 23 heavy (non-hydrogen) atoms. The molecule has 0 radical (unpaired) electrons. The molecular weight excluding hydrogens is 312 g/mol. The Balaban J connectivity index is 1.65. The summed E-state index contributed by atoms with van der Waals surface area (Å²) in [7, 11) is 0. The minimum atomic E-state index is -0.306. The van der Waals surface area contributed by atoms with Gasteiger partial charge in [0, 0.05) is 13.0 Å². The maximum Gasteiger partial charge on any atom is 0.227 e. The predicted octanol–water partition coefficient (Wildman–Crippen LogP) is 1.90. The Labute approximate surface area is 138 Å². The van der Waals surface area contributed by atoms with Gasteiger partial charge in [-0.3, -0.25) is 9.59 Å². The molecule has 0 bridgehead atoms. The molecule has 3 heterocycles. The summed E-state index contributed by atoms with van der Waals surface area (Å²) in [6.45, 7) is 3.19. The van der Waals surface area contributed by atoms with Crippen LogP contribution >= 0.6 is 11.3 Å². The SMILES string of the molecule is CC(=O)[C@H]1[C@H]2COCCN2C(=O)[C@@H]1Cc1nc2ccccc2s1. The Morgan fingerprint density at radius 3 is 3.04 bits per heavy atom. The van der Waals surface area contributed by atoms with Gasteiger partial charge >= 0.3 is 0 Å². The summed E-state index contributed by atoms with van der Waals surface area (Å²) in [5.74, 6) is -0.435. The summed E-state index contributed by atoms with van der Waals surface area (Å²) in [5, 5.41) is 0.927. The van der Waals surface area contributed by atoms with Gasteiger partial charge in [-0.25, -0.2) is 4.98 Å². The second-order valence-corrected chi connectivity index (χ2v) is 7.31. The number of aromatic nitrogens is 1. The molecule has 1 aromatic carbocycles. The van der Waals surface area contributed by atoms with Crippen LogP contribution in [-0.4, -0.2) is 47.4 Å². The quantitative estimate of drug-likeness (QED) is 0.862. The fraction of sp³-hybridized carbons (Fsp3) is 0.471. The van der Waals surface area contributed by atoms with E-state index in [0.717, 1.165) is 15.2 Å². The fourth-order valence-electron chi connectivity index (χ4n) is 3.79. The number of hydrogen-bond donors (Lipinski definition) is 0. The van der Waals surface area contributed by atoms with Gasteiger partial charge < -0.3 is 9.64 Å². The molecule has 0 aliphatic carbocycles. The number of Topliss-reactive ketones (excluding diaryl/α,β-unsaturated/α-hetero) is 1. The molecule has 0 saturated carbocycles. The van der Waals surface area contributed by atoms with Crippen molar-refractivity contribution < 1.29 is 14.3 Å². The number of hydrogen-bond acceptors (Lipinski definition) is 5. The number of para-hydroxylation sites is 1. The Morgan fingerprint density at radius 1 is 1.43 bits per heavy atom. The van der Waals surface area contributed by atoms with Gasteiger partial charge in [-0.05, 0) is 19.1 Å². The first-order valence-electron chi connectivity index (χ1n) is 7.88. The van der Waals surface area contributed by atoms with Crippen molar-refractivity contribution in [2.24, 2.45) is 11.8 Å². The topological polar surface area (TPSA) is 59.5 Å². The third kappa shape index (κ3) is 2.46. The Bertz CT molecular complexity index is 739. The van der Waals surface area contributed by atoms with Gasteiger partial charge in [0.25, 0.3) is 0 Å². The van der Waals surface area contributed by atoms with Gasteiger partial charge in [0.05, 0.1) is 46.3 Å². The number of carbonyl (C=O) groups excluding carboxylic acids is 2. The van der Waals surface area contributed by atoms with Crippen LogP contribution in [0.1, 0.15) is 11.9 Å². The number of amides is 1. The fourth-order valence-corrected chi connectivity index (χ4v) is 4.82. The van der Waals surface area contributed by atoms with Crippen LogP contribution in [0.3, 0.4) is 0 Å². The highest BCUT2D eigenvalue weighted by molar-refractivity contribution is 7.18. The van der Waals surface area contributed by atoms with Crippen LogP contribution in [0.15, 0.2) is 24.3 Å². The molecule has 3 atom stereocenters. The maximum atomic E-state index is 12.8. The lowest BCUT2D eigenvalue weighted by Crippen LogP contribution is -2.46. The highest BCUT2D eigenvalue weighted by atomic mass is 32.1. The lowest BCUT2D eigenvalue weighted by atomic mass is 9.85. The lowest BCUT2D eigenvalue weighted by Gasteiger charge is -2.31. The summed E-state index contributed by atoms with van der Waals surface area (Å²) in [5.41, 5.74) is 0.957. The number of benzene rings is 1. The van der Waals surface area contributed by atoms with Crippen molar-refractivity contribution in [3.05, 3.63) is 29.3 Å². The summed E-state index contributed by atoms with van der Waals surface area (Å²) >= 11 is 1.61. The van der Waals surface area contributed by atoms with Crippen molar-refractivity contribution >= 4 is 33.2 Å². The number of morpholine rings is 1. The van der Waals surface area contributed by atoms with Crippen molar-refractivity contribution in [3.63, 3.8) is 0 Å². The van der Waals surface area contributed by atoms with E-state index >= 15 is 0 Å². The molecule has 1 aromatic heterocycles. The molecule has 5 nitrogen and oxygen atoms in total. The normalized spacial score (nSPS) is 27.4. The van der Waals surface area contributed by atoms with Gasteiger partial charge in [-0.15, -0.1) is 11.3 Å². The van der Waals surface area contributed by atoms with Crippen LogP contribution in [0.5, 0.6) is 0 Å². The molecule has 0 N–H and O–H groups in total. The maximum absolute atomic E-state index is 12.8. The third-order valence-electron chi connectivity index (χ3n) is 4.82. The van der Waals surface area contributed by atoms with Crippen molar-refractivity contribution in [2.45, 2.75) is 19.4 Å². The van der Waals surface area contributed by atoms with Crippen molar-refractivity contribution in [1.29, 1.82) is 0 Å². The Hall–Kier alpha value is -1.79. The van der Waals surface area contributed by atoms with Gasteiger partial charge in [0.15, 0.2) is 0 Å². The van der Waals surface area contributed by atoms with Crippen LogP contribution in [0, 0.1) is 11.8 Å². The molecular formula is C17H18N2O3S. The van der Waals surface area contributed by atoms with Crippen LogP contribution in [-0.2, 0) is 20.7 Å². The van der Waals surface area contributed by atoms with Crippen LogP contribution in [0.4, 0.5) is 0 Å². The number of ketones is 1. The molecule has 6 heteroatoms. The third-order valence-corrected chi connectivity index (χ3v) is 5.87. The average molecular weight is 330 g/mol. The smallest absolute Gasteiger partial charge is 0.227 e. The molecule has 2 aromatic rings. The monoisotopic (exact) mass is 330 g/mol. The molecule has 4 rings (SSSR count). The number of nitrogens with zero attached hydrogens (tertiary/aromatic N) is 2. The highest BCUT2D eigenvalue weighted by Crippen LogP contribution is 2.37. The van der Waals surface area contributed by atoms with Gasteiger partial charge in [-0.2, -0.15) is 0 Å². The van der Waals surface area contributed by atoms with E-state index in [0.29, 0.717) is 26.2 Å². The molecule has 1 amide bonds. The van der Waals surface area contributed by atoms with E-state index in [1.165, 1.54) is 0 Å². The lowest BCUT2D eigenvalue weighted by molar-refractivity contribution is -0.135. The summed E-state index contributed by atoms with van der Waals surface area (Å²) in [4.78, 5) is 31.4. The first kappa shape index (κ1) is 14.8. The van der Waals surface area contributed by atoms with Crippen molar-refractivity contribution in [1.82, 2.24) is 9.88 Å². The molecule has 0 unspecified atom stereocenters. The zero-order chi connectivity index (χ0) is 16.0. The zero-order valence-electron chi connectivity index (χ0n) is 12.9. The Kier molecular flexibility index (Phi) is 3.66. The molecule has 2 aliphatic rings. The van der Waals surface area contributed by atoms with E-state index in [-0.39, 0.29) is 29.6 Å². The minimum absolute atomic E-state index is 0.0717. The van der Waals surface area contributed by atoms with E-state index in [1.807, 2.05) is 29.2 Å².